The molecule has 1 amide bonds. The summed E-state index contributed by atoms with van der Waals surface area (Å²) in [6.07, 6.45) is 2.03. The number of rotatable bonds is 4. The van der Waals surface area contributed by atoms with Gasteiger partial charge in [-0.05, 0) is 49.2 Å². The highest BCUT2D eigenvalue weighted by Gasteiger charge is 2.33. The van der Waals surface area contributed by atoms with E-state index in [-0.39, 0.29) is 23.5 Å². The van der Waals surface area contributed by atoms with Crippen LogP contribution in [0.15, 0.2) is 36.5 Å². The van der Waals surface area contributed by atoms with E-state index in [0.29, 0.717) is 22.8 Å². The molecule has 0 saturated carbocycles. The lowest BCUT2D eigenvalue weighted by Crippen LogP contribution is -2.37. The van der Waals surface area contributed by atoms with Crippen LogP contribution in [-0.4, -0.2) is 48.8 Å². The molecule has 1 aromatic carbocycles. The third-order valence-corrected chi connectivity index (χ3v) is 6.52. The Balaban J connectivity index is 1.77. The third-order valence-electron chi connectivity index (χ3n) is 4.53. The van der Waals surface area contributed by atoms with Crippen molar-refractivity contribution < 1.29 is 13.2 Å². The summed E-state index contributed by atoms with van der Waals surface area (Å²) in [4.78, 5) is 18.5. The largest absolute Gasteiger partial charge is 0.340 e. The first-order valence-electron chi connectivity index (χ1n) is 8.22. The van der Waals surface area contributed by atoms with Gasteiger partial charge in [-0.25, -0.2) is 13.4 Å². The van der Waals surface area contributed by atoms with Gasteiger partial charge in [-0.1, -0.05) is 11.6 Å². The van der Waals surface area contributed by atoms with Crippen LogP contribution < -0.4 is 5.32 Å². The molecule has 2 aromatic rings. The van der Waals surface area contributed by atoms with Crippen LogP contribution in [0.4, 0.5) is 11.5 Å². The number of sulfone groups is 1. The molecule has 1 aliphatic rings. The van der Waals surface area contributed by atoms with Gasteiger partial charge in [-0.3, -0.25) is 4.79 Å². The van der Waals surface area contributed by atoms with Crippen LogP contribution in [0.25, 0.3) is 0 Å². The van der Waals surface area contributed by atoms with Crippen LogP contribution in [0, 0.1) is 6.92 Å². The summed E-state index contributed by atoms with van der Waals surface area (Å²) < 4.78 is 23.3. The van der Waals surface area contributed by atoms with Crippen molar-refractivity contribution in [2.75, 3.05) is 23.9 Å². The smallest absolute Gasteiger partial charge is 0.254 e. The zero-order valence-corrected chi connectivity index (χ0v) is 16.1. The second kappa shape index (κ2) is 7.25. The maximum atomic E-state index is 12.7. The van der Waals surface area contributed by atoms with Crippen molar-refractivity contribution in [1.29, 1.82) is 0 Å². The first kappa shape index (κ1) is 18.7. The predicted molar refractivity (Wildman–Crippen MR) is 103 cm³/mol. The van der Waals surface area contributed by atoms with Gasteiger partial charge in [0.1, 0.15) is 5.82 Å². The van der Waals surface area contributed by atoms with Gasteiger partial charge in [0.2, 0.25) is 0 Å². The lowest BCUT2D eigenvalue weighted by molar-refractivity contribution is 0.0747. The van der Waals surface area contributed by atoms with E-state index in [1.807, 2.05) is 19.1 Å². The number of pyridine rings is 1. The fourth-order valence-electron chi connectivity index (χ4n) is 2.99. The lowest BCUT2D eigenvalue weighted by atomic mass is 10.1. The molecule has 1 unspecified atom stereocenters. The van der Waals surface area contributed by atoms with Crippen LogP contribution in [-0.2, 0) is 9.84 Å². The molecule has 1 N–H and O–H groups in total. The number of amides is 1. The van der Waals surface area contributed by atoms with Gasteiger partial charge in [-0.15, -0.1) is 0 Å². The summed E-state index contributed by atoms with van der Waals surface area (Å²) in [7, 11) is -1.40. The van der Waals surface area contributed by atoms with E-state index in [1.54, 1.807) is 31.4 Å². The van der Waals surface area contributed by atoms with E-state index in [4.69, 9.17) is 11.6 Å². The Bertz CT molecular complexity index is 946. The van der Waals surface area contributed by atoms with Crippen LogP contribution in [0.3, 0.4) is 0 Å². The highest BCUT2D eigenvalue weighted by Crippen LogP contribution is 2.24. The van der Waals surface area contributed by atoms with Crippen molar-refractivity contribution in [2.45, 2.75) is 19.4 Å². The van der Waals surface area contributed by atoms with Crippen LogP contribution in [0.1, 0.15) is 22.3 Å². The molecule has 1 aromatic heterocycles. The Morgan fingerprint density at radius 3 is 2.73 bits per heavy atom. The first-order valence-corrected chi connectivity index (χ1v) is 10.4. The number of nitrogens with one attached hydrogen (secondary N) is 1. The summed E-state index contributed by atoms with van der Waals surface area (Å²) in [5.41, 5.74) is 2.27. The quantitative estimate of drug-likeness (QED) is 0.863. The summed E-state index contributed by atoms with van der Waals surface area (Å²) >= 11 is 5.97. The van der Waals surface area contributed by atoms with Crippen molar-refractivity contribution in [3.05, 3.63) is 52.7 Å². The van der Waals surface area contributed by atoms with Gasteiger partial charge in [0, 0.05) is 35.6 Å². The maximum absolute atomic E-state index is 12.7. The number of carbonyl (C=O) groups is 1. The normalized spacial score (nSPS) is 18.5. The van der Waals surface area contributed by atoms with Gasteiger partial charge in [0.25, 0.3) is 5.91 Å². The summed E-state index contributed by atoms with van der Waals surface area (Å²) in [6, 6.07) is 8.48. The number of anilines is 2. The van der Waals surface area contributed by atoms with E-state index < -0.39 is 9.84 Å². The van der Waals surface area contributed by atoms with Crippen LogP contribution >= 0.6 is 11.6 Å². The van der Waals surface area contributed by atoms with E-state index in [0.717, 1.165) is 11.3 Å². The highest BCUT2D eigenvalue weighted by molar-refractivity contribution is 7.91. The summed E-state index contributed by atoms with van der Waals surface area (Å²) in [6.45, 7) is 1.93. The molecule has 2 heterocycles. The molecule has 0 spiro atoms. The number of benzene rings is 1. The fourth-order valence-corrected chi connectivity index (χ4v) is 4.99. The number of hydrogen-bond donors (Lipinski definition) is 1. The Labute approximate surface area is 158 Å². The molecule has 26 heavy (non-hydrogen) atoms. The average molecular weight is 394 g/mol. The second-order valence-electron chi connectivity index (χ2n) is 6.49. The Morgan fingerprint density at radius 2 is 2.08 bits per heavy atom. The maximum Gasteiger partial charge on any atom is 0.254 e. The van der Waals surface area contributed by atoms with Crippen LogP contribution in [0.2, 0.25) is 5.02 Å². The molecule has 1 saturated heterocycles. The fraction of sp³-hybridized carbons (Fsp3) is 0.333. The molecule has 6 nitrogen and oxygen atoms in total. The monoisotopic (exact) mass is 393 g/mol. The minimum Gasteiger partial charge on any atom is -0.340 e. The van der Waals surface area contributed by atoms with Crippen LogP contribution in [0.5, 0.6) is 0 Å². The van der Waals surface area contributed by atoms with Gasteiger partial charge in [0.15, 0.2) is 9.84 Å². The standard InChI is InChI=1S/C18H20ClN3O3S/c1-12-9-14(19)3-4-16(12)21-17-10-13(5-7-20-17)18(23)22(2)15-6-8-26(24,25)11-15/h3-5,7,9-10,15H,6,8,11H2,1-2H3,(H,20,21). The number of aromatic nitrogens is 1. The molecule has 1 aliphatic heterocycles. The Kier molecular flexibility index (Phi) is 5.20. The lowest BCUT2D eigenvalue weighted by Gasteiger charge is -2.23. The predicted octanol–water partition coefficient (Wildman–Crippen LogP) is 3.05. The molecule has 1 atom stereocenters. The minimum absolute atomic E-state index is 0.0232. The van der Waals surface area contributed by atoms with Crippen molar-refractivity contribution in [1.82, 2.24) is 9.88 Å². The number of carbonyl (C=O) groups excluding carboxylic acids is 1. The number of nitrogens with zero attached hydrogens (tertiary/aromatic N) is 2. The van der Waals surface area contributed by atoms with E-state index in [2.05, 4.69) is 10.3 Å². The minimum atomic E-state index is -3.04. The average Bonchev–Trinajstić information content (AvgIpc) is 2.96. The third kappa shape index (κ3) is 4.16. The highest BCUT2D eigenvalue weighted by atomic mass is 35.5. The zero-order chi connectivity index (χ0) is 18.9. The van der Waals surface area contributed by atoms with Gasteiger partial charge in [-0.2, -0.15) is 0 Å². The number of halogens is 1. The molecular weight excluding hydrogens is 374 g/mol. The Hall–Kier alpha value is -2.12. The molecule has 1 fully saturated rings. The molecule has 138 valence electrons. The number of hydrogen-bond acceptors (Lipinski definition) is 5. The summed E-state index contributed by atoms with van der Waals surface area (Å²) in [5, 5.41) is 3.83. The second-order valence-corrected chi connectivity index (χ2v) is 9.15. The number of aryl methyl sites for hydroxylation is 1. The van der Waals surface area contributed by atoms with Gasteiger partial charge in [0.05, 0.1) is 11.5 Å². The molecule has 0 bridgehead atoms. The first-order chi connectivity index (χ1) is 12.2. The van der Waals surface area contributed by atoms with E-state index in [1.165, 1.54) is 4.90 Å². The topological polar surface area (TPSA) is 79.4 Å². The SMILES string of the molecule is Cc1cc(Cl)ccc1Nc1cc(C(=O)N(C)C2CCS(=O)(=O)C2)ccn1. The molecule has 8 heteroatoms. The Morgan fingerprint density at radius 1 is 1.31 bits per heavy atom. The van der Waals surface area contributed by atoms with Crippen molar-refractivity contribution in [3.8, 4) is 0 Å². The van der Waals surface area contributed by atoms with Crippen molar-refractivity contribution >= 4 is 38.9 Å². The molecular formula is C18H20ClN3O3S. The molecule has 0 aliphatic carbocycles. The summed E-state index contributed by atoms with van der Waals surface area (Å²) in [5.74, 6) is 0.475. The van der Waals surface area contributed by atoms with Crippen molar-refractivity contribution in [2.24, 2.45) is 0 Å². The zero-order valence-electron chi connectivity index (χ0n) is 14.6. The van der Waals surface area contributed by atoms with Crippen molar-refractivity contribution in [3.63, 3.8) is 0 Å². The van der Waals surface area contributed by atoms with Gasteiger partial charge >= 0.3 is 0 Å². The molecule has 0 radical (unpaired) electrons. The molecule has 3 rings (SSSR count). The van der Waals surface area contributed by atoms with Gasteiger partial charge < -0.3 is 10.2 Å². The van der Waals surface area contributed by atoms with E-state index in [9.17, 15) is 13.2 Å². The van der Waals surface area contributed by atoms with E-state index >= 15 is 0 Å².